The lowest BCUT2D eigenvalue weighted by molar-refractivity contribution is 0.638. The van der Waals surface area contributed by atoms with Crippen molar-refractivity contribution >= 4 is 5.82 Å². The first kappa shape index (κ1) is 8.60. The first-order valence-corrected chi connectivity index (χ1v) is 5.07. The third-order valence-electron chi connectivity index (χ3n) is 2.60. The summed E-state index contributed by atoms with van der Waals surface area (Å²) < 4.78 is 2.08. The molecule has 0 aliphatic carbocycles. The minimum Gasteiger partial charge on any atom is -0.370 e. The molecule has 0 amide bonds. The summed E-state index contributed by atoms with van der Waals surface area (Å²) in [6.45, 7) is 8.59. The fraction of sp³-hybridized carbons (Fsp3) is 0.700. The molecule has 3 nitrogen and oxygen atoms in total. The van der Waals surface area contributed by atoms with E-state index in [2.05, 4.69) is 35.9 Å². The van der Waals surface area contributed by atoms with Crippen LogP contribution < -0.4 is 5.32 Å². The van der Waals surface area contributed by atoms with Gasteiger partial charge in [-0.1, -0.05) is 13.8 Å². The molecule has 1 aliphatic rings. The molecule has 0 bridgehead atoms. The Morgan fingerprint density at radius 3 is 2.92 bits per heavy atom. The van der Waals surface area contributed by atoms with Crippen LogP contribution in [0.5, 0.6) is 0 Å². The summed E-state index contributed by atoms with van der Waals surface area (Å²) in [6, 6.07) is 0. The molecule has 1 aliphatic heterocycles. The van der Waals surface area contributed by atoms with Crippen LogP contribution >= 0.6 is 0 Å². The van der Waals surface area contributed by atoms with Crippen LogP contribution in [0.25, 0.3) is 0 Å². The van der Waals surface area contributed by atoms with E-state index in [1.54, 1.807) is 0 Å². The second-order valence-electron chi connectivity index (χ2n) is 3.86. The van der Waals surface area contributed by atoms with Crippen LogP contribution in [0.15, 0.2) is 0 Å². The Labute approximate surface area is 79.1 Å². The molecule has 3 heteroatoms. The Balaban J connectivity index is 2.48. The van der Waals surface area contributed by atoms with Gasteiger partial charge in [-0.15, -0.1) is 0 Å². The van der Waals surface area contributed by atoms with Crippen LogP contribution in [0.2, 0.25) is 0 Å². The van der Waals surface area contributed by atoms with E-state index in [1.807, 2.05) is 0 Å². The molecule has 0 fully saturated rings. The van der Waals surface area contributed by atoms with Gasteiger partial charge in [-0.3, -0.25) is 0 Å². The fourth-order valence-electron chi connectivity index (χ4n) is 1.96. The van der Waals surface area contributed by atoms with Gasteiger partial charge in [-0.2, -0.15) is 5.10 Å². The number of aromatic nitrogens is 2. The zero-order chi connectivity index (χ0) is 9.42. The Morgan fingerprint density at radius 2 is 2.31 bits per heavy atom. The van der Waals surface area contributed by atoms with E-state index in [0.29, 0.717) is 5.92 Å². The van der Waals surface area contributed by atoms with Crippen LogP contribution in [-0.2, 0) is 13.0 Å². The predicted octanol–water partition coefficient (Wildman–Crippen LogP) is 1.99. The van der Waals surface area contributed by atoms with E-state index in [-0.39, 0.29) is 0 Å². The molecule has 0 saturated heterocycles. The smallest absolute Gasteiger partial charge is 0.127 e. The van der Waals surface area contributed by atoms with Crippen LogP contribution in [0.1, 0.15) is 37.9 Å². The number of hydrogen-bond donors (Lipinski definition) is 1. The van der Waals surface area contributed by atoms with Crippen molar-refractivity contribution in [2.24, 2.45) is 0 Å². The molecule has 0 radical (unpaired) electrons. The molecule has 0 atom stereocenters. The number of nitrogens with zero attached hydrogens (tertiary/aromatic N) is 2. The molecule has 0 aromatic carbocycles. The van der Waals surface area contributed by atoms with Gasteiger partial charge >= 0.3 is 0 Å². The molecule has 1 aromatic heterocycles. The number of aryl methyl sites for hydroxylation is 1. The third-order valence-corrected chi connectivity index (χ3v) is 2.60. The zero-order valence-corrected chi connectivity index (χ0v) is 8.59. The zero-order valence-electron chi connectivity index (χ0n) is 8.59. The van der Waals surface area contributed by atoms with Crippen molar-refractivity contribution in [1.29, 1.82) is 0 Å². The van der Waals surface area contributed by atoms with Gasteiger partial charge in [-0.05, 0) is 19.3 Å². The van der Waals surface area contributed by atoms with E-state index in [4.69, 9.17) is 0 Å². The standard InChI is InChI=1S/C10H17N3/c1-4-13-10-8(5-6-11-10)9(12-13)7(2)3/h7,11H,4-6H2,1-3H3. The summed E-state index contributed by atoms with van der Waals surface area (Å²) >= 11 is 0. The number of hydrogen-bond acceptors (Lipinski definition) is 2. The molecule has 72 valence electrons. The Hall–Kier alpha value is -0.990. The minimum atomic E-state index is 0.543. The summed E-state index contributed by atoms with van der Waals surface area (Å²) in [5.41, 5.74) is 2.72. The van der Waals surface area contributed by atoms with Gasteiger partial charge in [0.25, 0.3) is 0 Å². The van der Waals surface area contributed by atoms with Crippen molar-refractivity contribution in [3.63, 3.8) is 0 Å². The van der Waals surface area contributed by atoms with Crippen molar-refractivity contribution in [2.75, 3.05) is 11.9 Å². The molecule has 1 N–H and O–H groups in total. The molecule has 0 spiro atoms. The quantitative estimate of drug-likeness (QED) is 0.752. The molecule has 1 aromatic rings. The normalized spacial score (nSPS) is 14.8. The molecule has 13 heavy (non-hydrogen) atoms. The topological polar surface area (TPSA) is 29.9 Å². The fourth-order valence-corrected chi connectivity index (χ4v) is 1.96. The molecular weight excluding hydrogens is 162 g/mol. The van der Waals surface area contributed by atoms with E-state index in [1.165, 1.54) is 17.1 Å². The maximum Gasteiger partial charge on any atom is 0.127 e. The highest BCUT2D eigenvalue weighted by Gasteiger charge is 2.22. The van der Waals surface area contributed by atoms with Crippen molar-refractivity contribution in [3.8, 4) is 0 Å². The van der Waals surface area contributed by atoms with E-state index in [0.717, 1.165) is 19.5 Å². The first-order chi connectivity index (χ1) is 6.24. The summed E-state index contributed by atoms with van der Waals surface area (Å²) in [5, 5.41) is 8.00. The van der Waals surface area contributed by atoms with Crippen molar-refractivity contribution < 1.29 is 0 Å². The second-order valence-corrected chi connectivity index (χ2v) is 3.86. The van der Waals surface area contributed by atoms with Crippen molar-refractivity contribution in [3.05, 3.63) is 11.3 Å². The highest BCUT2D eigenvalue weighted by Crippen LogP contribution is 2.29. The largest absolute Gasteiger partial charge is 0.370 e. The lowest BCUT2D eigenvalue weighted by Crippen LogP contribution is -2.05. The molecular formula is C10H17N3. The van der Waals surface area contributed by atoms with Gasteiger partial charge in [0.1, 0.15) is 5.82 Å². The van der Waals surface area contributed by atoms with Crippen LogP contribution in [-0.4, -0.2) is 16.3 Å². The average molecular weight is 179 g/mol. The summed E-state index contributed by atoms with van der Waals surface area (Å²) in [4.78, 5) is 0. The summed E-state index contributed by atoms with van der Waals surface area (Å²) in [6.07, 6.45) is 1.14. The van der Waals surface area contributed by atoms with E-state index < -0.39 is 0 Å². The number of fused-ring (bicyclic) bond motifs is 1. The molecule has 0 unspecified atom stereocenters. The van der Waals surface area contributed by atoms with Crippen LogP contribution in [0, 0.1) is 0 Å². The highest BCUT2D eigenvalue weighted by molar-refractivity contribution is 5.53. The Bertz CT molecular complexity index is 312. The monoisotopic (exact) mass is 179 g/mol. The van der Waals surface area contributed by atoms with Gasteiger partial charge < -0.3 is 5.32 Å². The highest BCUT2D eigenvalue weighted by atomic mass is 15.3. The predicted molar refractivity (Wildman–Crippen MR) is 54.2 cm³/mol. The Kier molecular flexibility index (Phi) is 2.02. The van der Waals surface area contributed by atoms with Crippen LogP contribution in [0.3, 0.4) is 0 Å². The number of nitrogens with one attached hydrogen (secondary N) is 1. The van der Waals surface area contributed by atoms with Gasteiger partial charge in [0, 0.05) is 18.7 Å². The Morgan fingerprint density at radius 1 is 1.54 bits per heavy atom. The summed E-state index contributed by atoms with van der Waals surface area (Å²) in [7, 11) is 0. The number of anilines is 1. The summed E-state index contributed by atoms with van der Waals surface area (Å²) in [5.74, 6) is 1.80. The van der Waals surface area contributed by atoms with Crippen molar-refractivity contribution in [1.82, 2.24) is 9.78 Å². The van der Waals surface area contributed by atoms with E-state index >= 15 is 0 Å². The molecule has 0 saturated carbocycles. The van der Waals surface area contributed by atoms with E-state index in [9.17, 15) is 0 Å². The lowest BCUT2D eigenvalue weighted by atomic mass is 10.1. The molecule has 2 rings (SSSR count). The maximum absolute atomic E-state index is 4.60. The SMILES string of the molecule is CCn1nc(C(C)C)c2c1NCC2. The van der Waals surface area contributed by atoms with Gasteiger partial charge in [-0.25, -0.2) is 4.68 Å². The second kappa shape index (κ2) is 3.05. The first-order valence-electron chi connectivity index (χ1n) is 5.07. The minimum absolute atomic E-state index is 0.543. The van der Waals surface area contributed by atoms with Gasteiger partial charge in [0.15, 0.2) is 0 Å². The van der Waals surface area contributed by atoms with Gasteiger partial charge in [0.05, 0.1) is 5.69 Å². The number of rotatable bonds is 2. The maximum atomic E-state index is 4.60. The average Bonchev–Trinajstić information content (AvgIpc) is 2.61. The molecule has 2 heterocycles. The third kappa shape index (κ3) is 1.23. The lowest BCUT2D eigenvalue weighted by Gasteiger charge is -2.02. The van der Waals surface area contributed by atoms with Crippen molar-refractivity contribution in [2.45, 2.75) is 39.7 Å². The van der Waals surface area contributed by atoms with Crippen LogP contribution in [0.4, 0.5) is 5.82 Å². The van der Waals surface area contributed by atoms with Gasteiger partial charge in [0.2, 0.25) is 0 Å².